The molecule has 4 heteroatoms. The summed E-state index contributed by atoms with van der Waals surface area (Å²) in [5, 5.41) is 0. The molecule has 1 atom stereocenters. The van der Waals surface area contributed by atoms with E-state index in [0.29, 0.717) is 6.54 Å². The number of hydrogen-bond donors (Lipinski definition) is 1. The highest BCUT2D eigenvalue weighted by Gasteiger charge is 2.16. The zero-order valence-corrected chi connectivity index (χ0v) is 14.2. The van der Waals surface area contributed by atoms with E-state index in [-0.39, 0.29) is 6.04 Å². The first kappa shape index (κ1) is 15.9. The van der Waals surface area contributed by atoms with E-state index in [1.165, 1.54) is 11.1 Å². The summed E-state index contributed by atoms with van der Waals surface area (Å²) in [6, 6.07) is 14.6. The van der Waals surface area contributed by atoms with E-state index in [2.05, 4.69) is 53.0 Å². The number of nitrogens with two attached hydrogens (primary N) is 1. The number of methoxy groups -OCH3 is 1. The van der Waals surface area contributed by atoms with Crippen LogP contribution >= 0.6 is 15.9 Å². The van der Waals surface area contributed by atoms with Crippen molar-refractivity contribution >= 4 is 21.6 Å². The van der Waals surface area contributed by atoms with E-state index >= 15 is 0 Å². The van der Waals surface area contributed by atoms with Gasteiger partial charge in [-0.05, 0) is 48.4 Å². The van der Waals surface area contributed by atoms with Crippen molar-refractivity contribution < 1.29 is 4.74 Å². The molecule has 3 nitrogen and oxygen atoms in total. The predicted octanol–water partition coefficient (Wildman–Crippen LogP) is 3.90. The lowest BCUT2D eigenvalue weighted by molar-refractivity contribution is 0.415. The van der Waals surface area contributed by atoms with Crippen molar-refractivity contribution in [1.29, 1.82) is 0 Å². The van der Waals surface area contributed by atoms with E-state index in [1.807, 2.05) is 24.3 Å². The molecule has 0 aliphatic heterocycles. The zero-order valence-electron chi connectivity index (χ0n) is 12.6. The molecular weight excluding hydrogens is 328 g/mol. The summed E-state index contributed by atoms with van der Waals surface area (Å²) in [4.78, 5) is 2.20. The van der Waals surface area contributed by atoms with Crippen LogP contribution in [0, 0.1) is 6.92 Å². The maximum absolute atomic E-state index is 6.01. The molecule has 0 saturated carbocycles. The van der Waals surface area contributed by atoms with Gasteiger partial charge >= 0.3 is 0 Å². The third kappa shape index (κ3) is 3.57. The van der Waals surface area contributed by atoms with Crippen molar-refractivity contribution in [2.75, 3.05) is 25.6 Å². The van der Waals surface area contributed by atoms with Gasteiger partial charge in [0.2, 0.25) is 0 Å². The molecule has 0 aliphatic carbocycles. The number of anilines is 1. The highest BCUT2D eigenvalue weighted by molar-refractivity contribution is 9.10. The monoisotopic (exact) mass is 348 g/mol. The second-order valence-corrected chi connectivity index (χ2v) is 5.92. The number of halogens is 1. The lowest BCUT2D eigenvalue weighted by atomic mass is 10.0. The van der Waals surface area contributed by atoms with Gasteiger partial charge in [-0.2, -0.15) is 0 Å². The molecule has 2 N–H and O–H groups in total. The van der Waals surface area contributed by atoms with Crippen LogP contribution in [0.4, 0.5) is 5.69 Å². The van der Waals surface area contributed by atoms with Crippen LogP contribution in [0.2, 0.25) is 0 Å². The van der Waals surface area contributed by atoms with E-state index in [1.54, 1.807) is 7.11 Å². The van der Waals surface area contributed by atoms with Crippen molar-refractivity contribution in [3.8, 4) is 5.75 Å². The Morgan fingerprint density at radius 3 is 2.38 bits per heavy atom. The van der Waals surface area contributed by atoms with Gasteiger partial charge in [-0.15, -0.1) is 0 Å². The van der Waals surface area contributed by atoms with Gasteiger partial charge in [-0.3, -0.25) is 0 Å². The number of ether oxygens (including phenoxy) is 1. The van der Waals surface area contributed by atoms with Gasteiger partial charge in [0, 0.05) is 23.8 Å². The Balaban J connectivity index is 2.28. The van der Waals surface area contributed by atoms with Crippen molar-refractivity contribution in [2.24, 2.45) is 5.73 Å². The fourth-order valence-electron chi connectivity index (χ4n) is 2.39. The van der Waals surface area contributed by atoms with Crippen LogP contribution in [-0.4, -0.2) is 20.7 Å². The number of nitrogens with zero attached hydrogens (tertiary/aromatic N) is 1. The molecule has 0 amide bonds. The van der Waals surface area contributed by atoms with Crippen molar-refractivity contribution in [1.82, 2.24) is 0 Å². The Morgan fingerprint density at radius 2 is 1.86 bits per heavy atom. The normalized spacial score (nSPS) is 12.0. The molecule has 2 aromatic carbocycles. The van der Waals surface area contributed by atoms with E-state index in [9.17, 15) is 0 Å². The van der Waals surface area contributed by atoms with Gasteiger partial charge in [0.1, 0.15) is 5.75 Å². The van der Waals surface area contributed by atoms with Crippen LogP contribution in [0.15, 0.2) is 46.9 Å². The molecule has 112 valence electrons. The molecule has 0 bridgehead atoms. The van der Waals surface area contributed by atoms with Crippen LogP contribution in [-0.2, 0) is 0 Å². The van der Waals surface area contributed by atoms with Crippen molar-refractivity contribution in [3.05, 3.63) is 58.1 Å². The Kier molecular flexibility index (Phi) is 5.26. The molecule has 0 radical (unpaired) electrons. The summed E-state index contributed by atoms with van der Waals surface area (Å²) < 4.78 is 6.32. The Hall–Kier alpha value is -1.52. The summed E-state index contributed by atoms with van der Waals surface area (Å²) in [5.74, 6) is 0.857. The SMILES string of the molecule is COc1ccc(N(C)C(CN)c2ccc(Br)c(C)c2)cc1. The number of rotatable bonds is 5. The largest absolute Gasteiger partial charge is 0.497 e. The second-order valence-electron chi connectivity index (χ2n) is 5.07. The van der Waals surface area contributed by atoms with Crippen LogP contribution in [0.3, 0.4) is 0 Å². The third-order valence-corrected chi connectivity index (χ3v) is 4.63. The molecule has 21 heavy (non-hydrogen) atoms. The molecule has 0 fully saturated rings. The zero-order chi connectivity index (χ0) is 15.4. The summed E-state index contributed by atoms with van der Waals surface area (Å²) in [7, 11) is 3.74. The minimum absolute atomic E-state index is 0.144. The highest BCUT2D eigenvalue weighted by atomic mass is 79.9. The fraction of sp³-hybridized carbons (Fsp3) is 0.294. The molecule has 2 rings (SSSR count). The number of aryl methyl sites for hydroxylation is 1. The van der Waals surface area contributed by atoms with Crippen LogP contribution in [0.5, 0.6) is 5.75 Å². The molecule has 2 aromatic rings. The van der Waals surface area contributed by atoms with Gasteiger partial charge in [-0.1, -0.05) is 28.1 Å². The van der Waals surface area contributed by atoms with Gasteiger partial charge in [0.15, 0.2) is 0 Å². The van der Waals surface area contributed by atoms with Crippen molar-refractivity contribution in [3.63, 3.8) is 0 Å². The minimum atomic E-state index is 0.144. The second kappa shape index (κ2) is 6.96. The van der Waals surface area contributed by atoms with Crippen molar-refractivity contribution in [2.45, 2.75) is 13.0 Å². The first-order valence-corrected chi connectivity index (χ1v) is 7.69. The fourth-order valence-corrected chi connectivity index (χ4v) is 2.64. The lowest BCUT2D eigenvalue weighted by Crippen LogP contribution is -2.30. The molecule has 0 heterocycles. The summed E-state index contributed by atoms with van der Waals surface area (Å²) in [6.07, 6.45) is 0. The summed E-state index contributed by atoms with van der Waals surface area (Å²) in [6.45, 7) is 2.65. The number of likely N-dealkylation sites (N-methyl/N-ethyl adjacent to an activating group) is 1. The summed E-state index contributed by atoms with van der Waals surface area (Å²) in [5.41, 5.74) is 9.56. The van der Waals surface area contributed by atoms with Gasteiger partial charge in [0.25, 0.3) is 0 Å². The third-order valence-electron chi connectivity index (χ3n) is 3.74. The minimum Gasteiger partial charge on any atom is -0.497 e. The van der Waals surface area contributed by atoms with E-state index in [0.717, 1.165) is 15.9 Å². The molecule has 0 saturated heterocycles. The lowest BCUT2D eigenvalue weighted by Gasteiger charge is -2.30. The standard InChI is InChI=1S/C17H21BrN2O/c1-12-10-13(4-9-16(12)18)17(11-19)20(2)14-5-7-15(21-3)8-6-14/h4-10,17H,11,19H2,1-3H3. The predicted molar refractivity (Wildman–Crippen MR) is 92.1 cm³/mol. The van der Waals surface area contributed by atoms with E-state index in [4.69, 9.17) is 10.5 Å². The highest BCUT2D eigenvalue weighted by Crippen LogP contribution is 2.28. The molecule has 0 aromatic heterocycles. The Labute approximate surface area is 134 Å². The van der Waals surface area contributed by atoms with Gasteiger partial charge in [-0.25, -0.2) is 0 Å². The van der Waals surface area contributed by atoms with Gasteiger partial charge < -0.3 is 15.4 Å². The number of hydrogen-bond acceptors (Lipinski definition) is 3. The first-order chi connectivity index (χ1) is 10.1. The Bertz CT molecular complexity index is 598. The molecule has 0 aliphatic rings. The average Bonchev–Trinajstić information content (AvgIpc) is 2.51. The smallest absolute Gasteiger partial charge is 0.119 e. The maximum atomic E-state index is 6.01. The first-order valence-electron chi connectivity index (χ1n) is 6.89. The Morgan fingerprint density at radius 1 is 1.19 bits per heavy atom. The molecule has 0 spiro atoms. The topological polar surface area (TPSA) is 38.5 Å². The quantitative estimate of drug-likeness (QED) is 0.890. The number of benzene rings is 2. The van der Waals surface area contributed by atoms with Crippen LogP contribution in [0.1, 0.15) is 17.2 Å². The molecular formula is C17H21BrN2O. The van der Waals surface area contributed by atoms with Gasteiger partial charge in [0.05, 0.1) is 13.2 Å². The average molecular weight is 349 g/mol. The maximum Gasteiger partial charge on any atom is 0.119 e. The van der Waals surface area contributed by atoms with Crippen LogP contribution in [0.25, 0.3) is 0 Å². The van der Waals surface area contributed by atoms with Crippen LogP contribution < -0.4 is 15.4 Å². The summed E-state index contributed by atoms with van der Waals surface area (Å²) >= 11 is 3.54. The molecule has 1 unspecified atom stereocenters. The van der Waals surface area contributed by atoms with E-state index < -0.39 is 0 Å².